The molecule has 1 aromatic carbocycles. The summed E-state index contributed by atoms with van der Waals surface area (Å²) in [5.41, 5.74) is 1.29. The molecule has 0 spiro atoms. The number of aliphatic hydroxyl groups is 2. The summed E-state index contributed by atoms with van der Waals surface area (Å²) in [6, 6.07) is 2.48. The molecule has 4 rings (SSSR count). The largest absolute Gasteiger partial charge is 0.493 e. The van der Waals surface area contributed by atoms with E-state index in [-0.39, 0.29) is 19.1 Å². The van der Waals surface area contributed by atoms with Crippen molar-refractivity contribution >= 4 is 18.1 Å². The number of fused-ring (bicyclic) bond motifs is 3. The quantitative estimate of drug-likeness (QED) is 0.250. The number of hydrogen-bond acceptors (Lipinski definition) is 7. The second-order valence-electron chi connectivity index (χ2n) is 10.6. The van der Waals surface area contributed by atoms with E-state index in [4.69, 9.17) is 9.47 Å². The summed E-state index contributed by atoms with van der Waals surface area (Å²) < 4.78 is 11.7. The molecule has 1 saturated carbocycles. The number of aldehydes is 1. The van der Waals surface area contributed by atoms with Crippen molar-refractivity contribution in [2.75, 3.05) is 26.8 Å². The molecule has 0 saturated heterocycles. The molecule has 38 heavy (non-hydrogen) atoms. The molecule has 0 bridgehead atoms. The van der Waals surface area contributed by atoms with Gasteiger partial charge in [0.2, 0.25) is 11.8 Å². The molecule has 1 aromatic rings. The van der Waals surface area contributed by atoms with Crippen LogP contribution in [0.25, 0.3) is 0 Å². The first kappa shape index (κ1) is 28.1. The molecular formula is C29H40N2O7. The molecule has 2 aliphatic carbocycles. The average molecular weight is 529 g/mol. The van der Waals surface area contributed by atoms with Gasteiger partial charge in [0.25, 0.3) is 0 Å². The first-order valence-corrected chi connectivity index (χ1v) is 13.9. The topological polar surface area (TPSA) is 125 Å². The second kappa shape index (κ2) is 12.8. The van der Waals surface area contributed by atoms with Gasteiger partial charge in [-0.1, -0.05) is 32.6 Å². The number of carbonyl (C=O) groups is 3. The van der Waals surface area contributed by atoms with E-state index in [9.17, 15) is 24.6 Å². The molecule has 3 N–H and O–H groups in total. The van der Waals surface area contributed by atoms with E-state index in [1.165, 1.54) is 7.11 Å². The van der Waals surface area contributed by atoms with Crippen LogP contribution < -0.4 is 14.8 Å². The van der Waals surface area contributed by atoms with Crippen LogP contribution in [-0.2, 0) is 9.59 Å². The third kappa shape index (κ3) is 6.04. The second-order valence-corrected chi connectivity index (χ2v) is 10.6. The Morgan fingerprint density at radius 3 is 2.63 bits per heavy atom. The maximum absolute atomic E-state index is 13.5. The van der Waals surface area contributed by atoms with Gasteiger partial charge in [0.15, 0.2) is 11.5 Å². The highest BCUT2D eigenvalue weighted by molar-refractivity contribution is 5.96. The van der Waals surface area contributed by atoms with Crippen LogP contribution in [0.4, 0.5) is 0 Å². The average Bonchev–Trinajstić information content (AvgIpc) is 3.67. The fourth-order valence-corrected chi connectivity index (χ4v) is 5.55. The van der Waals surface area contributed by atoms with Gasteiger partial charge in [0, 0.05) is 36.2 Å². The van der Waals surface area contributed by atoms with Crippen LogP contribution >= 0.6 is 0 Å². The van der Waals surface area contributed by atoms with Crippen molar-refractivity contribution < 1.29 is 34.1 Å². The highest BCUT2D eigenvalue weighted by Crippen LogP contribution is 2.51. The fourth-order valence-electron chi connectivity index (χ4n) is 5.55. The number of benzene rings is 1. The minimum absolute atomic E-state index is 0.0291. The van der Waals surface area contributed by atoms with Crippen LogP contribution in [0.15, 0.2) is 23.8 Å². The summed E-state index contributed by atoms with van der Waals surface area (Å²) in [7, 11) is 1.47. The summed E-state index contributed by atoms with van der Waals surface area (Å²) in [4.78, 5) is 40.2. The molecule has 2 amide bonds. The molecule has 9 heteroatoms. The molecule has 4 unspecified atom stereocenters. The SMILES string of the molecule is CCCCCCCC(=O)N(CC1CC1)C1C=C(C(=O)NCCO)C2c3cc(C=O)cc(OC)c3OC2C1O. The Balaban J connectivity index is 1.68. The van der Waals surface area contributed by atoms with Crippen LogP contribution in [0.1, 0.15) is 80.1 Å². The highest BCUT2D eigenvalue weighted by Gasteiger charge is 2.51. The van der Waals surface area contributed by atoms with Crippen LogP contribution in [0.2, 0.25) is 0 Å². The Bertz CT molecular complexity index is 1050. The van der Waals surface area contributed by atoms with E-state index in [1.807, 2.05) is 0 Å². The van der Waals surface area contributed by atoms with E-state index >= 15 is 0 Å². The zero-order chi connectivity index (χ0) is 27.2. The lowest BCUT2D eigenvalue weighted by Gasteiger charge is -2.41. The molecular weight excluding hydrogens is 488 g/mol. The summed E-state index contributed by atoms with van der Waals surface area (Å²) in [5.74, 6) is 0.0204. The first-order valence-electron chi connectivity index (χ1n) is 13.9. The highest BCUT2D eigenvalue weighted by atomic mass is 16.5. The molecule has 1 aliphatic heterocycles. The smallest absolute Gasteiger partial charge is 0.247 e. The van der Waals surface area contributed by atoms with Crippen LogP contribution in [0.3, 0.4) is 0 Å². The molecule has 3 aliphatic rings. The number of rotatable bonds is 14. The van der Waals surface area contributed by atoms with Crippen molar-refractivity contribution in [2.24, 2.45) is 5.92 Å². The van der Waals surface area contributed by atoms with E-state index < -0.39 is 30.1 Å². The third-order valence-corrected chi connectivity index (χ3v) is 7.74. The lowest BCUT2D eigenvalue weighted by molar-refractivity contribution is -0.137. The molecule has 0 radical (unpaired) electrons. The zero-order valence-electron chi connectivity index (χ0n) is 22.4. The van der Waals surface area contributed by atoms with E-state index in [2.05, 4.69) is 12.2 Å². The number of unbranched alkanes of at least 4 members (excludes halogenated alkanes) is 4. The number of nitrogens with one attached hydrogen (secondary N) is 1. The summed E-state index contributed by atoms with van der Waals surface area (Å²) in [5, 5.41) is 23.6. The maximum Gasteiger partial charge on any atom is 0.247 e. The molecule has 9 nitrogen and oxygen atoms in total. The number of hydrogen-bond donors (Lipinski definition) is 3. The van der Waals surface area contributed by atoms with Gasteiger partial charge < -0.3 is 29.9 Å². The standard InChI is InChI=1S/C29H40N2O7/c1-3-4-5-6-7-8-24(34)31(16-18-9-10-18)22-15-21(29(36)30-11-12-32)25-20-13-19(17-33)14-23(37-2)27(20)38-28(25)26(22)35/h13-15,17-18,22,25-26,28,32,35H,3-12,16H2,1-2H3,(H,30,36). The van der Waals surface area contributed by atoms with Crippen LogP contribution in [-0.4, -0.2) is 78.3 Å². The molecule has 1 heterocycles. The van der Waals surface area contributed by atoms with Crippen molar-refractivity contribution in [3.8, 4) is 11.5 Å². The predicted molar refractivity (Wildman–Crippen MR) is 141 cm³/mol. The summed E-state index contributed by atoms with van der Waals surface area (Å²) >= 11 is 0. The Kier molecular flexibility index (Phi) is 9.44. The van der Waals surface area contributed by atoms with Crippen molar-refractivity contribution in [3.63, 3.8) is 0 Å². The Morgan fingerprint density at radius 1 is 1.21 bits per heavy atom. The number of ether oxygens (including phenoxy) is 2. The van der Waals surface area contributed by atoms with Gasteiger partial charge >= 0.3 is 0 Å². The Morgan fingerprint density at radius 2 is 1.97 bits per heavy atom. The predicted octanol–water partition coefficient (Wildman–Crippen LogP) is 2.73. The van der Waals surface area contributed by atoms with Gasteiger partial charge in [-0.15, -0.1) is 0 Å². The minimum atomic E-state index is -1.09. The van der Waals surface area contributed by atoms with Gasteiger partial charge in [-0.2, -0.15) is 0 Å². The lowest BCUT2D eigenvalue weighted by atomic mass is 9.77. The molecule has 1 fully saturated rings. The van der Waals surface area contributed by atoms with Crippen molar-refractivity contribution in [2.45, 2.75) is 82.5 Å². The lowest BCUT2D eigenvalue weighted by Crippen LogP contribution is -2.56. The number of methoxy groups -OCH3 is 1. The summed E-state index contributed by atoms with van der Waals surface area (Å²) in [6.07, 6.45) is 8.06. The van der Waals surface area contributed by atoms with E-state index in [1.54, 1.807) is 23.1 Å². The van der Waals surface area contributed by atoms with Gasteiger partial charge in [0.05, 0.1) is 25.7 Å². The molecule has 0 aromatic heterocycles. The van der Waals surface area contributed by atoms with Crippen molar-refractivity contribution in [1.29, 1.82) is 0 Å². The van der Waals surface area contributed by atoms with E-state index in [0.29, 0.717) is 53.4 Å². The monoisotopic (exact) mass is 528 g/mol. The van der Waals surface area contributed by atoms with Crippen LogP contribution in [0, 0.1) is 5.92 Å². The molecule has 4 atom stereocenters. The number of nitrogens with zero attached hydrogens (tertiary/aromatic N) is 1. The number of amides is 2. The van der Waals surface area contributed by atoms with Gasteiger partial charge in [-0.3, -0.25) is 14.4 Å². The van der Waals surface area contributed by atoms with E-state index in [0.717, 1.165) is 44.9 Å². The van der Waals surface area contributed by atoms with Crippen LogP contribution in [0.5, 0.6) is 11.5 Å². The first-order chi connectivity index (χ1) is 18.4. The fraction of sp³-hybridized carbons (Fsp3) is 0.621. The van der Waals surface area contributed by atoms with Crippen molar-refractivity contribution in [1.82, 2.24) is 10.2 Å². The van der Waals surface area contributed by atoms with Gasteiger partial charge in [-0.05, 0) is 43.4 Å². The van der Waals surface area contributed by atoms with Gasteiger partial charge in [0.1, 0.15) is 18.5 Å². The Labute approximate surface area is 224 Å². The Hall–Kier alpha value is -2.91. The number of aliphatic hydroxyl groups excluding tert-OH is 2. The van der Waals surface area contributed by atoms with Crippen molar-refractivity contribution in [3.05, 3.63) is 34.9 Å². The molecule has 208 valence electrons. The summed E-state index contributed by atoms with van der Waals surface area (Å²) in [6.45, 7) is 2.52. The normalized spacial score (nSPS) is 23.5. The zero-order valence-corrected chi connectivity index (χ0v) is 22.4. The minimum Gasteiger partial charge on any atom is -0.493 e. The van der Waals surface area contributed by atoms with Gasteiger partial charge in [-0.25, -0.2) is 0 Å². The maximum atomic E-state index is 13.5. The third-order valence-electron chi connectivity index (χ3n) is 7.74. The number of carbonyl (C=O) groups excluding carboxylic acids is 3.